The smallest absolute Gasteiger partial charge is 0.137 e. The fourth-order valence-corrected chi connectivity index (χ4v) is 1.67. The van der Waals surface area contributed by atoms with Crippen molar-refractivity contribution in [1.29, 1.82) is 5.26 Å². The first-order valence-electron chi connectivity index (χ1n) is 5.37. The summed E-state index contributed by atoms with van der Waals surface area (Å²) in [5, 5.41) is 16.8. The molecular formula is C12H11N3O. The minimum Gasteiger partial charge on any atom is -0.492 e. The molecule has 1 aliphatic carbocycles. The monoisotopic (exact) mass is 213 g/mol. The Morgan fingerprint density at radius 2 is 2.38 bits per heavy atom. The summed E-state index contributed by atoms with van der Waals surface area (Å²) in [6.45, 7) is 0.720. The number of aromatic amines is 1. The first-order chi connectivity index (χ1) is 7.86. The molecule has 1 aromatic heterocycles. The van der Waals surface area contributed by atoms with Crippen LogP contribution in [-0.2, 0) is 0 Å². The molecular weight excluding hydrogens is 202 g/mol. The fraction of sp³-hybridized carbons (Fsp3) is 0.333. The molecule has 0 aliphatic heterocycles. The van der Waals surface area contributed by atoms with Gasteiger partial charge in [0.05, 0.1) is 23.9 Å². The molecule has 3 rings (SSSR count). The molecule has 0 spiro atoms. The van der Waals surface area contributed by atoms with Gasteiger partial charge in [-0.3, -0.25) is 5.10 Å². The molecule has 0 unspecified atom stereocenters. The number of nitrogens with zero attached hydrogens (tertiary/aromatic N) is 2. The van der Waals surface area contributed by atoms with Crippen LogP contribution in [0.2, 0.25) is 0 Å². The summed E-state index contributed by atoms with van der Waals surface area (Å²) < 4.78 is 5.67. The number of benzene rings is 1. The normalized spacial score (nSPS) is 14.9. The number of aromatic nitrogens is 2. The van der Waals surface area contributed by atoms with Crippen LogP contribution in [0.15, 0.2) is 18.3 Å². The van der Waals surface area contributed by atoms with E-state index >= 15 is 0 Å². The Bertz CT molecular complexity index is 563. The van der Waals surface area contributed by atoms with Crippen molar-refractivity contribution >= 4 is 10.9 Å². The third kappa shape index (κ3) is 1.61. The molecule has 1 aliphatic rings. The zero-order chi connectivity index (χ0) is 11.0. The summed E-state index contributed by atoms with van der Waals surface area (Å²) in [5.74, 6) is 1.36. The number of hydrogen-bond donors (Lipinski definition) is 1. The lowest BCUT2D eigenvalue weighted by molar-refractivity contribution is 0.299. The quantitative estimate of drug-likeness (QED) is 0.850. The van der Waals surface area contributed by atoms with E-state index in [1.807, 2.05) is 6.07 Å². The van der Waals surface area contributed by atoms with Gasteiger partial charge >= 0.3 is 0 Å². The van der Waals surface area contributed by atoms with Crippen molar-refractivity contribution in [2.75, 3.05) is 6.61 Å². The Morgan fingerprint density at radius 3 is 3.12 bits per heavy atom. The zero-order valence-electron chi connectivity index (χ0n) is 8.73. The van der Waals surface area contributed by atoms with Gasteiger partial charge in [0.15, 0.2) is 0 Å². The lowest BCUT2D eigenvalue weighted by atomic mass is 10.1. The fourth-order valence-electron chi connectivity index (χ4n) is 1.67. The number of ether oxygens (including phenoxy) is 1. The summed E-state index contributed by atoms with van der Waals surface area (Å²) in [6, 6.07) is 5.81. The van der Waals surface area contributed by atoms with Gasteiger partial charge in [-0.1, -0.05) is 0 Å². The zero-order valence-corrected chi connectivity index (χ0v) is 8.73. The third-order valence-corrected chi connectivity index (χ3v) is 2.83. The molecule has 1 heterocycles. The molecule has 1 aromatic carbocycles. The van der Waals surface area contributed by atoms with Gasteiger partial charge in [-0.25, -0.2) is 0 Å². The van der Waals surface area contributed by atoms with E-state index in [-0.39, 0.29) is 0 Å². The summed E-state index contributed by atoms with van der Waals surface area (Å²) in [6.07, 6.45) is 4.23. The summed E-state index contributed by atoms with van der Waals surface area (Å²) in [7, 11) is 0. The first kappa shape index (κ1) is 9.22. The van der Waals surface area contributed by atoms with Gasteiger partial charge in [-0.2, -0.15) is 10.4 Å². The highest BCUT2D eigenvalue weighted by Crippen LogP contribution is 2.31. The predicted molar refractivity (Wildman–Crippen MR) is 59.0 cm³/mol. The number of H-pyrrole nitrogens is 1. The van der Waals surface area contributed by atoms with E-state index in [0.29, 0.717) is 17.2 Å². The largest absolute Gasteiger partial charge is 0.492 e. The van der Waals surface area contributed by atoms with Gasteiger partial charge in [0, 0.05) is 5.39 Å². The van der Waals surface area contributed by atoms with Crippen LogP contribution in [0.4, 0.5) is 0 Å². The Kier molecular flexibility index (Phi) is 2.03. The van der Waals surface area contributed by atoms with Gasteiger partial charge < -0.3 is 4.74 Å². The van der Waals surface area contributed by atoms with E-state index in [2.05, 4.69) is 16.3 Å². The van der Waals surface area contributed by atoms with Crippen LogP contribution in [-0.4, -0.2) is 16.8 Å². The highest BCUT2D eigenvalue weighted by atomic mass is 16.5. The molecule has 0 bridgehead atoms. The van der Waals surface area contributed by atoms with E-state index in [0.717, 1.165) is 17.5 Å². The maximum atomic E-state index is 9.03. The predicted octanol–water partition coefficient (Wildman–Crippen LogP) is 2.22. The van der Waals surface area contributed by atoms with E-state index in [9.17, 15) is 0 Å². The van der Waals surface area contributed by atoms with E-state index in [4.69, 9.17) is 10.00 Å². The Hall–Kier alpha value is -2.02. The molecule has 80 valence electrons. The minimum atomic E-state index is 0.567. The van der Waals surface area contributed by atoms with Gasteiger partial charge in [-0.05, 0) is 30.9 Å². The Labute approximate surface area is 92.8 Å². The summed E-state index contributed by atoms with van der Waals surface area (Å²) >= 11 is 0. The molecule has 2 aromatic rings. The van der Waals surface area contributed by atoms with Crippen LogP contribution in [0.25, 0.3) is 10.9 Å². The minimum absolute atomic E-state index is 0.567. The van der Waals surface area contributed by atoms with Crippen molar-refractivity contribution < 1.29 is 4.74 Å². The van der Waals surface area contributed by atoms with Crippen LogP contribution in [0.5, 0.6) is 5.75 Å². The number of nitriles is 1. The standard InChI is InChI=1S/C12H11N3O/c13-5-9-3-11-10(6-14-15-11)4-12(9)16-7-8-1-2-8/h3-4,6,8H,1-2,7H2,(H,14,15). The summed E-state index contributed by atoms with van der Waals surface area (Å²) in [4.78, 5) is 0. The van der Waals surface area contributed by atoms with E-state index in [1.54, 1.807) is 12.3 Å². The molecule has 1 saturated carbocycles. The van der Waals surface area contributed by atoms with Crippen molar-refractivity contribution in [1.82, 2.24) is 10.2 Å². The van der Waals surface area contributed by atoms with Crippen molar-refractivity contribution in [2.24, 2.45) is 5.92 Å². The molecule has 0 radical (unpaired) electrons. The van der Waals surface area contributed by atoms with Crippen molar-refractivity contribution in [2.45, 2.75) is 12.8 Å². The molecule has 0 atom stereocenters. The molecule has 16 heavy (non-hydrogen) atoms. The van der Waals surface area contributed by atoms with E-state index < -0.39 is 0 Å². The molecule has 4 nitrogen and oxygen atoms in total. The van der Waals surface area contributed by atoms with Crippen LogP contribution in [0.1, 0.15) is 18.4 Å². The molecule has 0 saturated heterocycles. The van der Waals surface area contributed by atoms with Gasteiger partial charge in [0.2, 0.25) is 0 Å². The van der Waals surface area contributed by atoms with Gasteiger partial charge in [0.1, 0.15) is 11.8 Å². The van der Waals surface area contributed by atoms with Gasteiger partial charge in [-0.15, -0.1) is 0 Å². The molecule has 1 fully saturated rings. The Balaban J connectivity index is 1.96. The highest BCUT2D eigenvalue weighted by Gasteiger charge is 2.22. The van der Waals surface area contributed by atoms with Crippen LogP contribution < -0.4 is 4.74 Å². The molecule has 4 heteroatoms. The topological polar surface area (TPSA) is 61.7 Å². The van der Waals surface area contributed by atoms with Crippen molar-refractivity contribution in [3.8, 4) is 11.8 Å². The van der Waals surface area contributed by atoms with Crippen LogP contribution >= 0.6 is 0 Å². The van der Waals surface area contributed by atoms with Gasteiger partial charge in [0.25, 0.3) is 0 Å². The maximum absolute atomic E-state index is 9.03. The van der Waals surface area contributed by atoms with Crippen LogP contribution in [0, 0.1) is 17.2 Å². The number of hydrogen-bond acceptors (Lipinski definition) is 3. The average Bonchev–Trinajstić information content (AvgIpc) is 3.02. The first-order valence-corrected chi connectivity index (χ1v) is 5.37. The second-order valence-electron chi connectivity index (χ2n) is 4.17. The lowest BCUT2D eigenvalue weighted by Crippen LogP contribution is -2.00. The third-order valence-electron chi connectivity index (χ3n) is 2.83. The van der Waals surface area contributed by atoms with Crippen molar-refractivity contribution in [3.63, 3.8) is 0 Å². The molecule has 1 N–H and O–H groups in total. The highest BCUT2D eigenvalue weighted by molar-refractivity contribution is 5.81. The second kappa shape index (κ2) is 3.53. The maximum Gasteiger partial charge on any atom is 0.137 e. The average molecular weight is 213 g/mol. The van der Waals surface area contributed by atoms with Crippen molar-refractivity contribution in [3.05, 3.63) is 23.9 Å². The second-order valence-corrected chi connectivity index (χ2v) is 4.17. The number of rotatable bonds is 3. The number of fused-ring (bicyclic) bond motifs is 1. The van der Waals surface area contributed by atoms with E-state index in [1.165, 1.54) is 12.8 Å². The SMILES string of the molecule is N#Cc1cc2[nH]ncc2cc1OCC1CC1. The molecule has 0 amide bonds. The number of nitrogens with one attached hydrogen (secondary N) is 1. The van der Waals surface area contributed by atoms with Crippen LogP contribution in [0.3, 0.4) is 0 Å². The summed E-state index contributed by atoms with van der Waals surface area (Å²) in [5.41, 5.74) is 1.44. The lowest BCUT2D eigenvalue weighted by Gasteiger charge is -2.06. The Morgan fingerprint density at radius 1 is 1.50 bits per heavy atom.